The van der Waals surface area contributed by atoms with E-state index in [4.69, 9.17) is 0 Å². The van der Waals surface area contributed by atoms with Crippen molar-refractivity contribution in [2.24, 2.45) is 10.9 Å². The minimum Gasteiger partial charge on any atom is -0.357 e. The number of guanidine groups is 1. The zero-order valence-corrected chi connectivity index (χ0v) is 17.8. The summed E-state index contributed by atoms with van der Waals surface area (Å²) in [6, 6.07) is 5.36. The molecule has 1 saturated heterocycles. The first kappa shape index (κ1) is 22.1. The highest BCUT2D eigenvalue weighted by Crippen LogP contribution is 2.14. The average molecular weight is 392 g/mol. The molecule has 2 rings (SSSR count). The molecule has 7 heteroatoms. The summed E-state index contributed by atoms with van der Waals surface area (Å²) in [4.78, 5) is 20.7. The predicted octanol–water partition coefficient (Wildman–Crippen LogP) is 2.20. The number of likely N-dealkylation sites (tertiary alicyclic amines) is 1. The van der Waals surface area contributed by atoms with Gasteiger partial charge >= 0.3 is 0 Å². The number of hydrogen-bond donors (Lipinski definition) is 2. The molecule has 0 aliphatic carbocycles. The maximum absolute atomic E-state index is 14.0. The molecule has 0 aromatic heterocycles. The summed E-state index contributed by atoms with van der Waals surface area (Å²) < 4.78 is 14.0. The van der Waals surface area contributed by atoms with E-state index < -0.39 is 0 Å². The maximum Gasteiger partial charge on any atom is 0.225 e. The number of nitrogens with one attached hydrogen (secondary N) is 2. The number of hydrogen-bond acceptors (Lipinski definition) is 3. The largest absolute Gasteiger partial charge is 0.357 e. The lowest BCUT2D eigenvalue weighted by molar-refractivity contribution is -0.133. The van der Waals surface area contributed by atoms with E-state index in [2.05, 4.69) is 15.6 Å². The van der Waals surface area contributed by atoms with Crippen molar-refractivity contribution in [1.29, 1.82) is 0 Å². The third-order valence-corrected chi connectivity index (χ3v) is 4.70. The van der Waals surface area contributed by atoms with Gasteiger partial charge in [-0.2, -0.15) is 0 Å². The van der Waals surface area contributed by atoms with Crippen LogP contribution < -0.4 is 10.6 Å². The van der Waals surface area contributed by atoms with Crippen LogP contribution in [0.3, 0.4) is 0 Å². The summed E-state index contributed by atoms with van der Waals surface area (Å²) in [6.45, 7) is 9.14. The minimum absolute atomic E-state index is 0.0236. The number of halogens is 1. The van der Waals surface area contributed by atoms with Gasteiger partial charge in [-0.15, -0.1) is 0 Å². The van der Waals surface area contributed by atoms with Crippen LogP contribution >= 0.6 is 0 Å². The molecule has 0 saturated carbocycles. The van der Waals surface area contributed by atoms with E-state index in [1.807, 2.05) is 50.7 Å². The van der Waals surface area contributed by atoms with Gasteiger partial charge in [-0.05, 0) is 45.1 Å². The zero-order valence-electron chi connectivity index (χ0n) is 17.8. The van der Waals surface area contributed by atoms with E-state index in [9.17, 15) is 9.18 Å². The van der Waals surface area contributed by atoms with Gasteiger partial charge in [0.1, 0.15) is 5.82 Å². The molecule has 1 aromatic rings. The first-order valence-electron chi connectivity index (χ1n) is 10.1. The summed E-state index contributed by atoms with van der Waals surface area (Å²) in [5, 5.41) is 6.69. The van der Waals surface area contributed by atoms with Gasteiger partial charge in [-0.1, -0.05) is 19.9 Å². The zero-order chi connectivity index (χ0) is 20.7. The van der Waals surface area contributed by atoms with Gasteiger partial charge in [0.2, 0.25) is 5.91 Å². The van der Waals surface area contributed by atoms with Crippen LogP contribution in [0.1, 0.15) is 38.3 Å². The molecule has 2 N–H and O–H groups in total. The second-order valence-electron chi connectivity index (χ2n) is 7.93. The molecule has 1 aromatic carbocycles. The molecular formula is C21H34FN5O. The van der Waals surface area contributed by atoms with Crippen LogP contribution in [0.4, 0.5) is 4.39 Å². The van der Waals surface area contributed by atoms with Crippen molar-refractivity contribution >= 4 is 11.9 Å². The van der Waals surface area contributed by atoms with Crippen molar-refractivity contribution in [3.8, 4) is 0 Å². The van der Waals surface area contributed by atoms with E-state index in [-0.39, 0.29) is 23.7 Å². The topological polar surface area (TPSA) is 60.0 Å². The van der Waals surface area contributed by atoms with Crippen LogP contribution in [0.15, 0.2) is 23.2 Å². The summed E-state index contributed by atoms with van der Waals surface area (Å²) in [5.74, 6) is 0.763. The van der Waals surface area contributed by atoms with Crippen LogP contribution in [-0.2, 0) is 17.9 Å². The third kappa shape index (κ3) is 6.48. The lowest BCUT2D eigenvalue weighted by atomic mass is 10.1. The Bertz CT molecular complexity index is 689. The quantitative estimate of drug-likeness (QED) is 0.553. The number of aliphatic imine (C=N–C) groups is 1. The minimum atomic E-state index is -0.188. The van der Waals surface area contributed by atoms with Gasteiger partial charge in [0.05, 0.1) is 6.54 Å². The molecule has 1 aliphatic heterocycles. The molecule has 28 heavy (non-hydrogen) atoms. The Kier molecular flexibility index (Phi) is 8.23. The van der Waals surface area contributed by atoms with Crippen molar-refractivity contribution in [3.63, 3.8) is 0 Å². The van der Waals surface area contributed by atoms with Crippen LogP contribution in [-0.4, -0.2) is 61.4 Å². The number of carbonyl (C=O) groups is 1. The molecule has 1 fully saturated rings. The maximum atomic E-state index is 14.0. The Hall–Kier alpha value is -2.15. The fourth-order valence-corrected chi connectivity index (χ4v) is 3.32. The van der Waals surface area contributed by atoms with Gasteiger partial charge in [0.25, 0.3) is 0 Å². The van der Waals surface area contributed by atoms with Crippen LogP contribution in [0.25, 0.3) is 0 Å². The number of rotatable bonds is 7. The Morgan fingerprint density at radius 2 is 2.14 bits per heavy atom. The van der Waals surface area contributed by atoms with E-state index in [1.54, 1.807) is 6.07 Å². The first-order chi connectivity index (χ1) is 13.3. The fourth-order valence-electron chi connectivity index (χ4n) is 3.32. The van der Waals surface area contributed by atoms with E-state index in [1.165, 1.54) is 6.07 Å². The van der Waals surface area contributed by atoms with Crippen molar-refractivity contribution in [2.75, 3.05) is 33.7 Å². The van der Waals surface area contributed by atoms with Crippen LogP contribution in [0.5, 0.6) is 0 Å². The third-order valence-electron chi connectivity index (χ3n) is 4.70. The summed E-state index contributed by atoms with van der Waals surface area (Å²) in [5.41, 5.74) is 1.65. The molecule has 6 nitrogen and oxygen atoms in total. The van der Waals surface area contributed by atoms with Gasteiger partial charge < -0.3 is 20.4 Å². The van der Waals surface area contributed by atoms with Gasteiger partial charge in [-0.3, -0.25) is 4.79 Å². The smallest absolute Gasteiger partial charge is 0.225 e. The number of benzene rings is 1. The van der Waals surface area contributed by atoms with Gasteiger partial charge in [0, 0.05) is 43.7 Å². The molecule has 0 radical (unpaired) electrons. The monoisotopic (exact) mass is 391 g/mol. The van der Waals surface area contributed by atoms with E-state index in [0.717, 1.165) is 31.0 Å². The molecule has 0 spiro atoms. The lowest BCUT2D eigenvalue weighted by Gasteiger charge is -2.20. The highest BCUT2D eigenvalue weighted by atomic mass is 19.1. The molecular weight excluding hydrogens is 357 g/mol. The number of amides is 1. The second kappa shape index (κ2) is 10.4. The van der Waals surface area contributed by atoms with Crippen molar-refractivity contribution in [3.05, 3.63) is 35.1 Å². The Labute approximate surface area is 168 Å². The number of carbonyl (C=O) groups excluding carboxylic acids is 1. The molecule has 0 bridgehead atoms. The van der Waals surface area contributed by atoms with E-state index in [0.29, 0.717) is 25.2 Å². The standard InChI is InChI=1S/C21H34FN5O/c1-6-23-21(25-18-9-10-27(14-18)20(28)15(2)3)24-12-16-7-8-19(22)17(11-16)13-26(4)5/h7-8,11,15,18H,6,9-10,12-14H2,1-5H3,(H2,23,24,25). The molecule has 1 heterocycles. The summed E-state index contributed by atoms with van der Waals surface area (Å²) in [7, 11) is 3.85. The lowest BCUT2D eigenvalue weighted by Crippen LogP contribution is -2.45. The predicted molar refractivity (Wildman–Crippen MR) is 112 cm³/mol. The normalized spacial score (nSPS) is 17.5. The highest BCUT2D eigenvalue weighted by molar-refractivity contribution is 5.81. The molecule has 1 atom stereocenters. The SMILES string of the molecule is CCNC(=NCc1ccc(F)c(CN(C)C)c1)NC1CCN(C(=O)C(C)C)C1. The summed E-state index contributed by atoms with van der Waals surface area (Å²) >= 11 is 0. The molecule has 1 aliphatic rings. The van der Waals surface area contributed by atoms with Crippen molar-refractivity contribution in [2.45, 2.75) is 46.3 Å². The molecule has 1 unspecified atom stereocenters. The van der Waals surface area contributed by atoms with Crippen molar-refractivity contribution < 1.29 is 9.18 Å². The molecule has 156 valence electrons. The Morgan fingerprint density at radius 1 is 1.39 bits per heavy atom. The average Bonchev–Trinajstić information content (AvgIpc) is 3.09. The Balaban J connectivity index is 2.00. The highest BCUT2D eigenvalue weighted by Gasteiger charge is 2.27. The van der Waals surface area contributed by atoms with Gasteiger partial charge in [0.15, 0.2) is 5.96 Å². The Morgan fingerprint density at radius 3 is 2.79 bits per heavy atom. The van der Waals surface area contributed by atoms with Gasteiger partial charge in [-0.25, -0.2) is 9.38 Å². The first-order valence-corrected chi connectivity index (χ1v) is 10.1. The van der Waals surface area contributed by atoms with Crippen LogP contribution in [0, 0.1) is 11.7 Å². The van der Waals surface area contributed by atoms with Crippen LogP contribution in [0.2, 0.25) is 0 Å². The second-order valence-corrected chi connectivity index (χ2v) is 7.93. The number of nitrogens with zero attached hydrogens (tertiary/aromatic N) is 3. The fraction of sp³-hybridized carbons (Fsp3) is 0.619. The van der Waals surface area contributed by atoms with Crippen molar-refractivity contribution in [1.82, 2.24) is 20.4 Å². The molecule has 1 amide bonds. The van der Waals surface area contributed by atoms with E-state index >= 15 is 0 Å². The summed E-state index contributed by atoms with van der Waals surface area (Å²) in [6.07, 6.45) is 0.909.